The van der Waals surface area contributed by atoms with E-state index in [0.29, 0.717) is 49.2 Å². The van der Waals surface area contributed by atoms with E-state index in [0.717, 1.165) is 0 Å². The van der Waals surface area contributed by atoms with Crippen molar-refractivity contribution in [2.75, 3.05) is 19.6 Å². The first-order valence-corrected chi connectivity index (χ1v) is 10.3. The van der Waals surface area contributed by atoms with Gasteiger partial charge in [0.05, 0.1) is 18.3 Å². The summed E-state index contributed by atoms with van der Waals surface area (Å²) in [6.07, 6.45) is 1.56. The van der Waals surface area contributed by atoms with Crippen LogP contribution < -0.4 is 5.73 Å². The molecule has 2 aromatic carbocycles. The van der Waals surface area contributed by atoms with Gasteiger partial charge < -0.3 is 5.73 Å². The molecule has 1 saturated heterocycles. The lowest BCUT2D eigenvalue weighted by Gasteiger charge is -2.31. The second kappa shape index (κ2) is 8.93. The average molecular weight is 426 g/mol. The van der Waals surface area contributed by atoms with Gasteiger partial charge in [0, 0.05) is 17.9 Å². The maximum atomic E-state index is 14.5. The number of likely N-dealkylation sites (tertiary alicyclic amines) is 1. The van der Waals surface area contributed by atoms with Gasteiger partial charge in [-0.25, -0.2) is 13.8 Å². The fourth-order valence-electron chi connectivity index (χ4n) is 4.18. The Morgan fingerprint density at radius 3 is 2.35 bits per heavy atom. The van der Waals surface area contributed by atoms with Gasteiger partial charge in [-0.15, -0.1) is 0 Å². The number of amides is 2. The van der Waals surface area contributed by atoms with Crippen LogP contribution in [0.4, 0.5) is 8.78 Å². The van der Waals surface area contributed by atoms with Gasteiger partial charge in [-0.3, -0.25) is 14.5 Å². The van der Waals surface area contributed by atoms with Crippen LogP contribution in [0.15, 0.2) is 53.6 Å². The zero-order chi connectivity index (χ0) is 22.0. The van der Waals surface area contributed by atoms with E-state index >= 15 is 0 Å². The maximum Gasteiger partial charge on any atom is 0.257 e. The first-order chi connectivity index (χ1) is 14.9. The minimum absolute atomic E-state index is 0.122. The SMILES string of the molecule is NC(=O)C1CCN(CC(=O)N2N=C(c3ccc(F)cc3)CC2c2ccccc2F)CC1. The fourth-order valence-corrected chi connectivity index (χ4v) is 4.18. The lowest BCUT2D eigenvalue weighted by Crippen LogP contribution is -2.44. The zero-order valence-corrected chi connectivity index (χ0v) is 17.0. The first kappa shape index (κ1) is 21.1. The molecule has 6 nitrogen and oxygen atoms in total. The molecule has 2 aliphatic rings. The van der Waals surface area contributed by atoms with Crippen molar-refractivity contribution in [3.05, 3.63) is 71.3 Å². The summed E-state index contributed by atoms with van der Waals surface area (Å²) in [5.41, 5.74) is 7.07. The van der Waals surface area contributed by atoms with Gasteiger partial charge in [-0.05, 0) is 49.7 Å². The zero-order valence-electron chi connectivity index (χ0n) is 17.0. The van der Waals surface area contributed by atoms with E-state index in [9.17, 15) is 18.4 Å². The molecular formula is C23H24F2N4O2. The monoisotopic (exact) mass is 426 g/mol. The molecule has 2 heterocycles. The molecule has 2 aliphatic heterocycles. The van der Waals surface area contributed by atoms with Gasteiger partial charge in [0.25, 0.3) is 5.91 Å². The summed E-state index contributed by atoms with van der Waals surface area (Å²) >= 11 is 0. The number of carbonyl (C=O) groups is 2. The molecule has 0 saturated carbocycles. The largest absolute Gasteiger partial charge is 0.369 e. The van der Waals surface area contributed by atoms with Crippen molar-refractivity contribution in [1.82, 2.24) is 9.91 Å². The highest BCUT2D eigenvalue weighted by Gasteiger charge is 2.35. The Kier molecular flexibility index (Phi) is 6.08. The summed E-state index contributed by atoms with van der Waals surface area (Å²) < 4.78 is 27.9. The summed E-state index contributed by atoms with van der Waals surface area (Å²) in [5.74, 6) is -1.47. The normalized spacial score (nSPS) is 20.0. The Morgan fingerprint density at radius 2 is 1.71 bits per heavy atom. The number of hydrazone groups is 1. The summed E-state index contributed by atoms with van der Waals surface area (Å²) in [5, 5.41) is 5.85. The molecule has 0 spiro atoms. The number of hydrogen-bond acceptors (Lipinski definition) is 4. The van der Waals surface area contributed by atoms with Crippen LogP contribution in [0.3, 0.4) is 0 Å². The molecule has 1 atom stereocenters. The Bertz CT molecular complexity index is 1000. The Hall–Kier alpha value is -3.13. The Labute approximate surface area is 179 Å². The standard InChI is InChI=1S/C23H24F2N4O2/c24-17-7-5-15(6-8-17)20-13-21(18-3-1-2-4-19(18)25)29(27-20)22(30)14-28-11-9-16(10-12-28)23(26)31/h1-8,16,21H,9-14H2,(H2,26,31). The van der Waals surface area contributed by atoms with E-state index in [1.54, 1.807) is 30.3 Å². The third kappa shape index (κ3) is 4.64. The molecule has 31 heavy (non-hydrogen) atoms. The maximum absolute atomic E-state index is 14.5. The van der Waals surface area contributed by atoms with Crippen molar-refractivity contribution in [3.8, 4) is 0 Å². The third-order valence-electron chi connectivity index (χ3n) is 5.96. The van der Waals surface area contributed by atoms with Gasteiger partial charge in [0.1, 0.15) is 11.6 Å². The smallest absolute Gasteiger partial charge is 0.257 e. The molecule has 2 N–H and O–H groups in total. The summed E-state index contributed by atoms with van der Waals surface area (Å²) in [6, 6.07) is 11.7. The predicted molar refractivity (Wildman–Crippen MR) is 112 cm³/mol. The highest BCUT2D eigenvalue weighted by atomic mass is 19.1. The molecule has 8 heteroatoms. The van der Waals surface area contributed by atoms with Crippen molar-refractivity contribution in [2.24, 2.45) is 16.8 Å². The lowest BCUT2D eigenvalue weighted by atomic mass is 9.96. The number of nitrogens with two attached hydrogens (primary N) is 1. The van der Waals surface area contributed by atoms with E-state index in [1.807, 2.05) is 4.90 Å². The number of carbonyl (C=O) groups excluding carboxylic acids is 2. The van der Waals surface area contributed by atoms with Gasteiger partial charge >= 0.3 is 0 Å². The summed E-state index contributed by atoms with van der Waals surface area (Å²) in [7, 11) is 0. The number of halogens is 2. The van der Waals surface area contributed by atoms with Gasteiger partial charge in [-0.2, -0.15) is 5.10 Å². The van der Waals surface area contributed by atoms with Crippen molar-refractivity contribution in [3.63, 3.8) is 0 Å². The van der Waals surface area contributed by atoms with E-state index in [2.05, 4.69) is 5.10 Å². The summed E-state index contributed by atoms with van der Waals surface area (Å²) in [4.78, 5) is 26.5. The van der Waals surface area contributed by atoms with Crippen LogP contribution in [0, 0.1) is 17.6 Å². The van der Waals surface area contributed by atoms with Crippen LogP contribution in [-0.4, -0.2) is 47.1 Å². The number of rotatable bonds is 5. The van der Waals surface area contributed by atoms with E-state index in [1.165, 1.54) is 23.2 Å². The minimum Gasteiger partial charge on any atom is -0.369 e. The van der Waals surface area contributed by atoms with Crippen molar-refractivity contribution >= 4 is 17.5 Å². The molecule has 1 unspecified atom stereocenters. The van der Waals surface area contributed by atoms with Crippen LogP contribution in [0.5, 0.6) is 0 Å². The topological polar surface area (TPSA) is 79.0 Å². The number of benzene rings is 2. The Balaban J connectivity index is 1.55. The third-order valence-corrected chi connectivity index (χ3v) is 5.96. The van der Waals surface area contributed by atoms with Crippen LogP contribution >= 0.6 is 0 Å². The van der Waals surface area contributed by atoms with Crippen molar-refractivity contribution in [1.29, 1.82) is 0 Å². The molecule has 0 aliphatic carbocycles. The predicted octanol–water partition coefficient (Wildman–Crippen LogP) is 2.84. The van der Waals surface area contributed by atoms with Crippen LogP contribution in [0.25, 0.3) is 0 Å². The van der Waals surface area contributed by atoms with E-state index < -0.39 is 11.9 Å². The second-order valence-corrected chi connectivity index (χ2v) is 7.99. The lowest BCUT2D eigenvalue weighted by molar-refractivity contribution is -0.134. The molecular weight excluding hydrogens is 402 g/mol. The highest BCUT2D eigenvalue weighted by Crippen LogP contribution is 2.34. The number of nitrogens with zero attached hydrogens (tertiary/aromatic N) is 3. The molecule has 0 aromatic heterocycles. The molecule has 0 bridgehead atoms. The second-order valence-electron chi connectivity index (χ2n) is 7.99. The van der Waals surface area contributed by atoms with Crippen LogP contribution in [-0.2, 0) is 9.59 Å². The van der Waals surface area contributed by atoms with Gasteiger partial charge in [0.2, 0.25) is 5.91 Å². The van der Waals surface area contributed by atoms with Crippen LogP contribution in [0.2, 0.25) is 0 Å². The van der Waals surface area contributed by atoms with E-state index in [-0.39, 0.29) is 30.1 Å². The first-order valence-electron chi connectivity index (χ1n) is 10.3. The number of piperidine rings is 1. The van der Waals surface area contributed by atoms with Crippen molar-refractivity contribution < 1.29 is 18.4 Å². The number of primary amides is 1. The van der Waals surface area contributed by atoms with E-state index in [4.69, 9.17) is 5.73 Å². The fraction of sp³-hybridized carbons (Fsp3) is 0.348. The average Bonchev–Trinajstić information content (AvgIpc) is 3.20. The molecule has 0 radical (unpaired) electrons. The molecule has 1 fully saturated rings. The molecule has 4 rings (SSSR count). The highest BCUT2D eigenvalue weighted by molar-refractivity contribution is 6.03. The molecule has 2 aromatic rings. The van der Waals surface area contributed by atoms with Crippen LogP contribution in [0.1, 0.15) is 36.4 Å². The molecule has 2 amide bonds. The number of hydrogen-bond donors (Lipinski definition) is 1. The van der Waals surface area contributed by atoms with Crippen molar-refractivity contribution in [2.45, 2.75) is 25.3 Å². The Morgan fingerprint density at radius 1 is 1.03 bits per heavy atom. The molecule has 162 valence electrons. The summed E-state index contributed by atoms with van der Waals surface area (Å²) in [6.45, 7) is 1.30. The van der Waals surface area contributed by atoms with Gasteiger partial charge in [0.15, 0.2) is 0 Å². The quantitative estimate of drug-likeness (QED) is 0.799. The minimum atomic E-state index is -0.572. The van der Waals surface area contributed by atoms with Gasteiger partial charge in [-0.1, -0.05) is 30.3 Å².